The Morgan fingerprint density at radius 1 is 0.643 bits per heavy atom. The highest BCUT2D eigenvalue weighted by atomic mass is 79.9. The molecule has 82 valence electrons. The van der Waals surface area contributed by atoms with E-state index in [1.54, 1.807) is 0 Å². The number of alkyl halides is 1. The fourth-order valence-corrected chi connectivity index (χ4v) is 4.35. The van der Waals surface area contributed by atoms with Gasteiger partial charge in [-0.25, -0.2) is 0 Å². The highest BCUT2D eigenvalue weighted by Gasteiger charge is 2.29. The first-order valence-electron chi connectivity index (χ1n) is 6.52. The van der Waals surface area contributed by atoms with E-state index in [9.17, 15) is 0 Å². The second kappa shape index (κ2) is 5.53. The summed E-state index contributed by atoms with van der Waals surface area (Å²) in [5.41, 5.74) is 0. The molecule has 14 heavy (non-hydrogen) atoms. The summed E-state index contributed by atoms with van der Waals surface area (Å²) in [7, 11) is 0. The highest BCUT2D eigenvalue weighted by molar-refractivity contribution is 9.09. The highest BCUT2D eigenvalue weighted by Crippen LogP contribution is 2.39. The number of hydrogen-bond donors (Lipinski definition) is 0. The lowest BCUT2D eigenvalue weighted by molar-refractivity contribution is 0.259. The Morgan fingerprint density at radius 3 is 1.36 bits per heavy atom. The van der Waals surface area contributed by atoms with E-state index in [1.807, 2.05) is 0 Å². The van der Waals surface area contributed by atoms with Crippen LogP contribution >= 0.6 is 15.9 Å². The van der Waals surface area contributed by atoms with Crippen LogP contribution < -0.4 is 0 Å². The zero-order valence-electron chi connectivity index (χ0n) is 9.18. The Bertz CT molecular complexity index is 137. The van der Waals surface area contributed by atoms with Crippen LogP contribution in [-0.2, 0) is 0 Å². The first-order chi connectivity index (χ1) is 6.88. The molecule has 0 N–H and O–H groups in total. The molecule has 2 aliphatic carbocycles. The summed E-state index contributed by atoms with van der Waals surface area (Å²) in [5.74, 6) is 2.01. The van der Waals surface area contributed by atoms with E-state index < -0.39 is 0 Å². The van der Waals surface area contributed by atoms with Gasteiger partial charge in [-0.3, -0.25) is 0 Å². The number of halogens is 1. The van der Waals surface area contributed by atoms with Crippen LogP contribution in [0.5, 0.6) is 0 Å². The minimum Gasteiger partial charge on any atom is -0.0885 e. The summed E-state index contributed by atoms with van der Waals surface area (Å²) in [6.45, 7) is 0. The second-order valence-corrected chi connectivity index (χ2v) is 6.30. The third-order valence-corrected chi connectivity index (χ3v) is 5.70. The van der Waals surface area contributed by atoms with Crippen LogP contribution in [0.4, 0.5) is 0 Å². The molecule has 0 aliphatic heterocycles. The van der Waals surface area contributed by atoms with Crippen LogP contribution in [0.1, 0.15) is 64.2 Å². The topological polar surface area (TPSA) is 0 Å². The van der Waals surface area contributed by atoms with Gasteiger partial charge in [0.05, 0.1) is 0 Å². The maximum atomic E-state index is 4.00. The van der Waals surface area contributed by atoms with Crippen LogP contribution in [-0.4, -0.2) is 4.83 Å². The molecule has 0 aromatic carbocycles. The lowest BCUT2D eigenvalue weighted by Gasteiger charge is -2.34. The molecular weight excluding hydrogens is 236 g/mol. The molecule has 0 atom stereocenters. The van der Waals surface area contributed by atoms with Gasteiger partial charge in [-0.2, -0.15) is 0 Å². The van der Waals surface area contributed by atoms with Crippen LogP contribution in [0.3, 0.4) is 0 Å². The molecule has 0 heterocycles. The normalized spacial score (nSPS) is 27.0. The monoisotopic (exact) mass is 258 g/mol. The summed E-state index contributed by atoms with van der Waals surface area (Å²) >= 11 is 4.00. The summed E-state index contributed by atoms with van der Waals surface area (Å²) in [5, 5.41) is 0. The van der Waals surface area contributed by atoms with Gasteiger partial charge >= 0.3 is 0 Å². The lowest BCUT2D eigenvalue weighted by atomic mass is 9.77. The molecule has 2 fully saturated rings. The zero-order chi connectivity index (χ0) is 9.80. The minimum absolute atomic E-state index is 0.850. The second-order valence-electron chi connectivity index (χ2n) is 5.24. The fraction of sp³-hybridized carbons (Fsp3) is 1.00. The first-order valence-corrected chi connectivity index (χ1v) is 7.43. The van der Waals surface area contributed by atoms with Crippen molar-refractivity contribution in [3.8, 4) is 0 Å². The molecule has 0 amide bonds. The summed E-state index contributed by atoms with van der Waals surface area (Å²) in [4.78, 5) is 0.850. The Kier molecular flexibility index (Phi) is 4.34. The molecule has 0 aromatic heterocycles. The quantitative estimate of drug-likeness (QED) is 0.618. The molecule has 0 saturated heterocycles. The van der Waals surface area contributed by atoms with Gasteiger partial charge in [0.15, 0.2) is 0 Å². The number of hydrogen-bond acceptors (Lipinski definition) is 0. The molecule has 2 rings (SSSR count). The van der Waals surface area contributed by atoms with Crippen molar-refractivity contribution in [1.29, 1.82) is 0 Å². The SMILES string of the molecule is BrC(C1CCCCC1)C1CCCCC1. The van der Waals surface area contributed by atoms with Gasteiger partial charge in [0.1, 0.15) is 0 Å². The predicted molar refractivity (Wildman–Crippen MR) is 65.9 cm³/mol. The van der Waals surface area contributed by atoms with E-state index in [1.165, 1.54) is 64.2 Å². The summed E-state index contributed by atoms with van der Waals surface area (Å²) in [6, 6.07) is 0. The van der Waals surface area contributed by atoms with E-state index in [0.29, 0.717) is 0 Å². The fourth-order valence-electron chi connectivity index (χ4n) is 3.29. The molecule has 2 saturated carbocycles. The van der Waals surface area contributed by atoms with Gasteiger partial charge in [0.2, 0.25) is 0 Å². The molecule has 0 spiro atoms. The minimum atomic E-state index is 0.850. The molecule has 0 radical (unpaired) electrons. The molecular formula is C13H23Br. The first kappa shape index (κ1) is 11.0. The molecule has 0 unspecified atom stereocenters. The summed E-state index contributed by atoms with van der Waals surface area (Å²) < 4.78 is 0. The molecule has 1 heteroatoms. The van der Waals surface area contributed by atoms with Crippen molar-refractivity contribution in [3.05, 3.63) is 0 Å². The van der Waals surface area contributed by atoms with Crippen molar-refractivity contribution in [2.45, 2.75) is 69.0 Å². The maximum absolute atomic E-state index is 4.00. The zero-order valence-corrected chi connectivity index (χ0v) is 10.8. The van der Waals surface area contributed by atoms with Crippen LogP contribution in [0, 0.1) is 11.8 Å². The van der Waals surface area contributed by atoms with Crippen LogP contribution in [0.2, 0.25) is 0 Å². The van der Waals surface area contributed by atoms with Gasteiger partial charge in [-0.15, -0.1) is 0 Å². The predicted octanol–water partition coefficient (Wildman–Crippen LogP) is 4.91. The molecule has 0 bridgehead atoms. The Morgan fingerprint density at radius 2 is 1.00 bits per heavy atom. The number of rotatable bonds is 2. The van der Waals surface area contributed by atoms with E-state index in [-0.39, 0.29) is 0 Å². The van der Waals surface area contributed by atoms with Gasteiger partial charge in [-0.1, -0.05) is 54.5 Å². The van der Waals surface area contributed by atoms with Crippen LogP contribution in [0.25, 0.3) is 0 Å². The Hall–Kier alpha value is 0.480. The molecule has 0 aromatic rings. The van der Waals surface area contributed by atoms with Gasteiger partial charge in [0.25, 0.3) is 0 Å². The third kappa shape index (κ3) is 2.74. The van der Waals surface area contributed by atoms with Crippen LogP contribution in [0.15, 0.2) is 0 Å². The summed E-state index contributed by atoms with van der Waals surface area (Å²) in [6.07, 6.45) is 14.9. The smallest absolute Gasteiger partial charge is 0.0202 e. The van der Waals surface area contributed by atoms with E-state index >= 15 is 0 Å². The van der Waals surface area contributed by atoms with Crippen molar-refractivity contribution < 1.29 is 0 Å². The standard InChI is InChI=1S/C13H23Br/c14-13(11-7-3-1-4-8-11)12-9-5-2-6-10-12/h11-13H,1-10H2. The van der Waals surface area contributed by atoms with Crippen molar-refractivity contribution in [1.82, 2.24) is 0 Å². The van der Waals surface area contributed by atoms with Crippen molar-refractivity contribution in [3.63, 3.8) is 0 Å². The third-order valence-electron chi connectivity index (χ3n) is 4.20. The van der Waals surface area contributed by atoms with Gasteiger partial charge in [-0.05, 0) is 37.5 Å². The maximum Gasteiger partial charge on any atom is 0.0202 e. The van der Waals surface area contributed by atoms with Gasteiger partial charge < -0.3 is 0 Å². The largest absolute Gasteiger partial charge is 0.0885 e. The van der Waals surface area contributed by atoms with Gasteiger partial charge in [0, 0.05) is 4.83 Å². The van der Waals surface area contributed by atoms with Crippen molar-refractivity contribution >= 4 is 15.9 Å². The molecule has 0 nitrogen and oxygen atoms in total. The van der Waals surface area contributed by atoms with E-state index in [2.05, 4.69) is 15.9 Å². The lowest BCUT2D eigenvalue weighted by Crippen LogP contribution is -2.27. The van der Waals surface area contributed by atoms with E-state index in [4.69, 9.17) is 0 Å². The average Bonchev–Trinajstić information content (AvgIpc) is 2.30. The Labute approximate surface area is 97.0 Å². The Balaban J connectivity index is 1.82. The van der Waals surface area contributed by atoms with Crippen molar-refractivity contribution in [2.24, 2.45) is 11.8 Å². The average molecular weight is 259 g/mol. The molecule has 2 aliphatic rings. The van der Waals surface area contributed by atoms with Crippen molar-refractivity contribution in [2.75, 3.05) is 0 Å². The van der Waals surface area contributed by atoms with E-state index in [0.717, 1.165) is 16.7 Å².